The van der Waals surface area contributed by atoms with Gasteiger partial charge in [0, 0.05) is 0 Å². The van der Waals surface area contributed by atoms with Crippen LogP contribution in [-0.4, -0.2) is 18.4 Å². The van der Waals surface area contributed by atoms with Gasteiger partial charge < -0.3 is 9.47 Å². The Morgan fingerprint density at radius 1 is 0.821 bits per heavy atom. The molecule has 2 aliphatic carbocycles. The molecule has 0 spiro atoms. The molecule has 0 aliphatic heterocycles. The molecule has 0 saturated heterocycles. The maximum absolute atomic E-state index is 12.1. The highest BCUT2D eigenvalue weighted by Crippen LogP contribution is 2.41. The first-order chi connectivity index (χ1) is 13.6. The highest BCUT2D eigenvalue weighted by Gasteiger charge is 2.32. The van der Waals surface area contributed by atoms with E-state index in [2.05, 4.69) is 13.8 Å². The van der Waals surface area contributed by atoms with E-state index in [1.165, 1.54) is 77.0 Å². The molecule has 0 aromatic heterocycles. The molecule has 1 atom stereocenters. The lowest BCUT2D eigenvalue weighted by molar-refractivity contribution is -0.0174. The zero-order valence-electron chi connectivity index (χ0n) is 18.9. The van der Waals surface area contributed by atoms with Gasteiger partial charge in [-0.3, -0.25) is 0 Å². The Bertz CT molecular complexity index is 406. The van der Waals surface area contributed by atoms with E-state index >= 15 is 0 Å². The summed E-state index contributed by atoms with van der Waals surface area (Å²) in [6, 6.07) is 0. The molecule has 3 heteroatoms. The average molecular weight is 395 g/mol. The summed E-state index contributed by atoms with van der Waals surface area (Å²) in [5.74, 6) is 2.78. The third kappa shape index (κ3) is 8.74. The smallest absolute Gasteiger partial charge is 0.431 e. The Balaban J connectivity index is 1.57. The molecule has 2 rings (SSSR count). The van der Waals surface area contributed by atoms with E-state index in [9.17, 15) is 4.79 Å². The van der Waals surface area contributed by atoms with Gasteiger partial charge in [-0.25, -0.2) is 4.79 Å². The minimum absolute atomic E-state index is 0.0245. The van der Waals surface area contributed by atoms with Gasteiger partial charge in [0.05, 0.1) is 0 Å². The lowest BCUT2D eigenvalue weighted by atomic mass is 9.70. The van der Waals surface area contributed by atoms with Crippen LogP contribution in [0.2, 0.25) is 0 Å². The normalized spacial score (nSPS) is 29.2. The van der Waals surface area contributed by atoms with Gasteiger partial charge in [0.2, 0.25) is 0 Å². The van der Waals surface area contributed by atoms with Crippen LogP contribution < -0.4 is 0 Å². The molecule has 3 nitrogen and oxygen atoms in total. The Labute approximate surface area is 174 Å². The molecule has 0 heterocycles. The molecule has 2 saturated carbocycles. The molecule has 2 fully saturated rings. The molecule has 2 aliphatic rings. The minimum atomic E-state index is -0.442. The van der Waals surface area contributed by atoms with Crippen molar-refractivity contribution in [2.45, 2.75) is 136 Å². The second kappa shape index (κ2) is 13.5. The van der Waals surface area contributed by atoms with Crippen molar-refractivity contribution in [3.63, 3.8) is 0 Å². The third-order valence-electron chi connectivity index (χ3n) is 7.27. The summed E-state index contributed by atoms with van der Waals surface area (Å²) < 4.78 is 11.1. The number of carbonyl (C=O) groups is 1. The first-order valence-electron chi connectivity index (χ1n) is 12.5. The lowest BCUT2D eigenvalue weighted by Crippen LogP contribution is -2.30. The van der Waals surface area contributed by atoms with Gasteiger partial charge in [-0.15, -0.1) is 0 Å². The molecule has 164 valence electrons. The van der Waals surface area contributed by atoms with Crippen molar-refractivity contribution in [3.8, 4) is 0 Å². The van der Waals surface area contributed by atoms with Crippen LogP contribution in [0.1, 0.15) is 124 Å². The standard InChI is InChI=1S/C25H46O3/c1-4-6-8-9-10-20(3)27-25(26)28-24-18-16-23(17-19-24)22-14-12-21(13-15-22)11-7-5-2/h20-24H,4-19H2,1-3H3/t20-,21?,22?,23?,24?/m1/s1. The monoisotopic (exact) mass is 394 g/mol. The van der Waals surface area contributed by atoms with Crippen molar-refractivity contribution >= 4 is 6.16 Å². The van der Waals surface area contributed by atoms with Gasteiger partial charge in [0.15, 0.2) is 0 Å². The Kier molecular flexibility index (Phi) is 11.3. The highest BCUT2D eigenvalue weighted by atomic mass is 16.7. The molecule has 0 radical (unpaired) electrons. The lowest BCUT2D eigenvalue weighted by Gasteiger charge is -2.37. The molecule has 0 unspecified atom stereocenters. The number of carbonyl (C=O) groups excluding carboxylic acids is 1. The van der Waals surface area contributed by atoms with E-state index in [-0.39, 0.29) is 12.2 Å². The highest BCUT2D eigenvalue weighted by molar-refractivity contribution is 5.60. The van der Waals surface area contributed by atoms with E-state index in [4.69, 9.17) is 9.47 Å². The van der Waals surface area contributed by atoms with Crippen molar-refractivity contribution in [1.29, 1.82) is 0 Å². The van der Waals surface area contributed by atoms with Crippen LogP contribution in [0.15, 0.2) is 0 Å². The maximum atomic E-state index is 12.1. The van der Waals surface area contributed by atoms with Crippen LogP contribution in [0, 0.1) is 17.8 Å². The maximum Gasteiger partial charge on any atom is 0.508 e. The molecule has 0 amide bonds. The minimum Gasteiger partial charge on any atom is -0.431 e. The van der Waals surface area contributed by atoms with Crippen LogP contribution in [0.5, 0.6) is 0 Å². The predicted molar refractivity (Wildman–Crippen MR) is 117 cm³/mol. The van der Waals surface area contributed by atoms with Crippen LogP contribution >= 0.6 is 0 Å². The van der Waals surface area contributed by atoms with Crippen LogP contribution in [0.4, 0.5) is 4.79 Å². The van der Waals surface area contributed by atoms with E-state index in [1.54, 1.807) is 0 Å². The van der Waals surface area contributed by atoms with Gasteiger partial charge in [-0.05, 0) is 76.0 Å². The van der Waals surface area contributed by atoms with E-state index in [1.807, 2.05) is 6.92 Å². The molecular formula is C25H46O3. The fraction of sp³-hybridized carbons (Fsp3) is 0.960. The van der Waals surface area contributed by atoms with Gasteiger partial charge in [-0.2, -0.15) is 0 Å². The fourth-order valence-electron chi connectivity index (χ4n) is 5.36. The average Bonchev–Trinajstić information content (AvgIpc) is 2.70. The summed E-state index contributed by atoms with van der Waals surface area (Å²) in [5, 5.41) is 0. The quantitative estimate of drug-likeness (QED) is 0.262. The van der Waals surface area contributed by atoms with Crippen molar-refractivity contribution in [3.05, 3.63) is 0 Å². The first-order valence-corrected chi connectivity index (χ1v) is 12.5. The number of ether oxygens (including phenoxy) is 2. The zero-order valence-corrected chi connectivity index (χ0v) is 18.9. The molecular weight excluding hydrogens is 348 g/mol. The number of unbranched alkanes of at least 4 members (excludes halogenated alkanes) is 4. The zero-order chi connectivity index (χ0) is 20.2. The van der Waals surface area contributed by atoms with Crippen LogP contribution in [0.3, 0.4) is 0 Å². The van der Waals surface area contributed by atoms with E-state index in [0.29, 0.717) is 0 Å². The molecule has 0 aromatic carbocycles. The third-order valence-corrected chi connectivity index (χ3v) is 7.27. The summed E-state index contributed by atoms with van der Waals surface area (Å²) in [6.45, 7) is 6.50. The Hall–Kier alpha value is -0.730. The van der Waals surface area contributed by atoms with Crippen molar-refractivity contribution in [2.24, 2.45) is 17.8 Å². The first kappa shape index (κ1) is 23.5. The van der Waals surface area contributed by atoms with Gasteiger partial charge in [0.1, 0.15) is 12.2 Å². The molecule has 0 aromatic rings. The topological polar surface area (TPSA) is 35.5 Å². The molecule has 0 N–H and O–H groups in total. The SMILES string of the molecule is CCCCCC[C@@H](C)OC(=O)OC1CCC(C2CCC(CCCC)CC2)CC1. The number of hydrogen-bond donors (Lipinski definition) is 0. The second-order valence-corrected chi connectivity index (χ2v) is 9.61. The Morgan fingerprint density at radius 2 is 1.43 bits per heavy atom. The summed E-state index contributed by atoms with van der Waals surface area (Å²) in [6.07, 6.45) is 19.9. The largest absolute Gasteiger partial charge is 0.508 e. The summed E-state index contributed by atoms with van der Waals surface area (Å²) in [4.78, 5) is 12.1. The van der Waals surface area contributed by atoms with Crippen molar-refractivity contribution in [1.82, 2.24) is 0 Å². The van der Waals surface area contributed by atoms with Gasteiger partial charge in [-0.1, -0.05) is 65.2 Å². The summed E-state index contributed by atoms with van der Waals surface area (Å²) >= 11 is 0. The summed E-state index contributed by atoms with van der Waals surface area (Å²) in [7, 11) is 0. The van der Waals surface area contributed by atoms with E-state index < -0.39 is 6.16 Å². The van der Waals surface area contributed by atoms with E-state index in [0.717, 1.165) is 43.4 Å². The van der Waals surface area contributed by atoms with Crippen LogP contribution in [-0.2, 0) is 9.47 Å². The second-order valence-electron chi connectivity index (χ2n) is 9.61. The molecule has 28 heavy (non-hydrogen) atoms. The Morgan fingerprint density at radius 3 is 2.04 bits per heavy atom. The van der Waals surface area contributed by atoms with Crippen LogP contribution in [0.25, 0.3) is 0 Å². The number of hydrogen-bond acceptors (Lipinski definition) is 3. The fourth-order valence-corrected chi connectivity index (χ4v) is 5.36. The van der Waals surface area contributed by atoms with Crippen molar-refractivity contribution < 1.29 is 14.3 Å². The van der Waals surface area contributed by atoms with Gasteiger partial charge in [0.25, 0.3) is 0 Å². The summed E-state index contributed by atoms with van der Waals surface area (Å²) in [5.41, 5.74) is 0. The van der Waals surface area contributed by atoms with Crippen molar-refractivity contribution in [2.75, 3.05) is 0 Å². The molecule has 0 bridgehead atoms. The predicted octanol–water partition coefficient (Wildman–Crippen LogP) is 8.05. The van der Waals surface area contributed by atoms with Gasteiger partial charge >= 0.3 is 6.16 Å². The number of rotatable bonds is 11.